The van der Waals surface area contributed by atoms with E-state index >= 15 is 0 Å². The van der Waals surface area contributed by atoms with E-state index in [4.69, 9.17) is 23.1 Å². The van der Waals surface area contributed by atoms with Gasteiger partial charge in [0.25, 0.3) is 0 Å². The maximum atomic E-state index is 10.9. The van der Waals surface area contributed by atoms with E-state index in [-0.39, 0.29) is 29.0 Å². The number of halogens is 2. The number of nitrogens with two attached hydrogens (primary N) is 2. The fourth-order valence-corrected chi connectivity index (χ4v) is 1.39. The molecule has 0 spiro atoms. The lowest BCUT2D eigenvalue weighted by molar-refractivity contribution is -0.422. The fraction of sp³-hybridized carbons (Fsp3) is 0. The second-order valence-electron chi connectivity index (χ2n) is 3.11. The van der Waals surface area contributed by atoms with Crippen molar-refractivity contribution in [3.63, 3.8) is 0 Å². The van der Waals surface area contributed by atoms with E-state index < -0.39 is 21.2 Å². The highest BCUT2D eigenvalue weighted by Gasteiger charge is 2.29. The van der Waals surface area contributed by atoms with Crippen LogP contribution < -0.4 is 11.5 Å². The van der Waals surface area contributed by atoms with Gasteiger partial charge in [0.2, 0.25) is 5.96 Å². The number of hydrogen-bond donors (Lipinski definition) is 2. The summed E-state index contributed by atoms with van der Waals surface area (Å²) in [5.41, 5.74) is 8.27. The Morgan fingerprint density at radius 2 is 1.85 bits per heavy atom. The molecule has 108 valence electrons. The molecule has 0 radical (unpaired) electrons. The summed E-state index contributed by atoms with van der Waals surface area (Å²) >= 11 is 5.74. The summed E-state index contributed by atoms with van der Waals surface area (Å²) in [6, 6.07) is 2.07. The zero-order valence-corrected chi connectivity index (χ0v) is 11.2. The first kappa shape index (κ1) is 17.5. The van der Waals surface area contributed by atoms with Crippen molar-refractivity contribution in [3.05, 3.63) is 42.9 Å². The van der Waals surface area contributed by atoms with Gasteiger partial charge in [0.05, 0.1) is 26.6 Å². The van der Waals surface area contributed by atoms with Gasteiger partial charge in [-0.05, 0) is 6.07 Å². The average Bonchev–Trinajstić information content (AvgIpc) is 2.29. The van der Waals surface area contributed by atoms with Crippen LogP contribution in [0.4, 0.5) is 11.4 Å². The van der Waals surface area contributed by atoms with Crippen molar-refractivity contribution < 1.29 is 9.85 Å². The van der Waals surface area contributed by atoms with E-state index in [1.165, 1.54) is 0 Å². The number of guanidine groups is 1. The Morgan fingerprint density at radius 3 is 2.30 bits per heavy atom. The SMILES string of the molecule is Cl.NC(N)=NN=Cc1c(Cl)ccc([N+](=O)[O-])c1[N+](=O)[O-]. The summed E-state index contributed by atoms with van der Waals surface area (Å²) in [5, 5.41) is 28.1. The molecule has 0 bridgehead atoms. The molecule has 1 aromatic rings. The molecule has 0 fully saturated rings. The quantitative estimate of drug-likeness (QED) is 0.365. The number of rotatable bonds is 4. The number of benzene rings is 1. The second-order valence-corrected chi connectivity index (χ2v) is 3.52. The molecule has 0 aliphatic carbocycles. The van der Waals surface area contributed by atoms with Gasteiger partial charge in [0.1, 0.15) is 0 Å². The minimum absolute atomic E-state index is 0. The van der Waals surface area contributed by atoms with Gasteiger partial charge in [0.15, 0.2) is 0 Å². The Labute approximate surface area is 122 Å². The summed E-state index contributed by atoms with van der Waals surface area (Å²) < 4.78 is 0. The van der Waals surface area contributed by atoms with E-state index in [2.05, 4.69) is 10.2 Å². The molecule has 10 nitrogen and oxygen atoms in total. The summed E-state index contributed by atoms with van der Waals surface area (Å²) in [4.78, 5) is 19.8. The molecule has 20 heavy (non-hydrogen) atoms. The number of hydrogen-bond acceptors (Lipinski definition) is 6. The van der Waals surface area contributed by atoms with Gasteiger partial charge in [-0.2, -0.15) is 5.10 Å². The molecule has 0 unspecified atom stereocenters. The van der Waals surface area contributed by atoms with Crippen LogP contribution in [-0.4, -0.2) is 22.0 Å². The summed E-state index contributed by atoms with van der Waals surface area (Å²) in [7, 11) is 0. The van der Waals surface area contributed by atoms with Gasteiger partial charge >= 0.3 is 11.4 Å². The predicted octanol–water partition coefficient (Wildman–Crippen LogP) is 1.19. The van der Waals surface area contributed by atoms with Crippen LogP contribution in [0.5, 0.6) is 0 Å². The smallest absolute Gasteiger partial charge is 0.356 e. The van der Waals surface area contributed by atoms with Gasteiger partial charge in [-0.3, -0.25) is 20.2 Å². The topological polar surface area (TPSA) is 163 Å². The summed E-state index contributed by atoms with van der Waals surface area (Å²) in [5.74, 6) is -0.375. The van der Waals surface area contributed by atoms with Gasteiger partial charge in [-0.1, -0.05) is 11.6 Å². The van der Waals surface area contributed by atoms with E-state index in [1.54, 1.807) is 0 Å². The molecule has 12 heteroatoms. The van der Waals surface area contributed by atoms with Crippen LogP contribution in [0.2, 0.25) is 5.02 Å². The zero-order valence-electron chi connectivity index (χ0n) is 9.59. The van der Waals surface area contributed by atoms with Crippen molar-refractivity contribution in [1.82, 2.24) is 0 Å². The first-order valence-electron chi connectivity index (χ1n) is 4.58. The van der Waals surface area contributed by atoms with Crippen LogP contribution in [0.15, 0.2) is 22.3 Å². The highest BCUT2D eigenvalue weighted by molar-refractivity contribution is 6.33. The lowest BCUT2D eigenvalue weighted by Gasteiger charge is -2.00. The molecule has 0 heterocycles. The van der Waals surface area contributed by atoms with E-state index in [0.29, 0.717) is 0 Å². The lowest BCUT2D eigenvalue weighted by atomic mass is 10.1. The van der Waals surface area contributed by atoms with Crippen LogP contribution >= 0.6 is 24.0 Å². The predicted molar refractivity (Wildman–Crippen MR) is 75.4 cm³/mol. The van der Waals surface area contributed by atoms with Crippen molar-refractivity contribution >= 4 is 47.6 Å². The Bertz CT molecular complexity index is 599. The van der Waals surface area contributed by atoms with Gasteiger partial charge < -0.3 is 11.5 Å². The highest BCUT2D eigenvalue weighted by atomic mass is 35.5. The van der Waals surface area contributed by atoms with Crippen LogP contribution in [0.25, 0.3) is 0 Å². The first-order valence-corrected chi connectivity index (χ1v) is 4.95. The maximum Gasteiger partial charge on any atom is 0.356 e. The molecule has 0 amide bonds. The van der Waals surface area contributed by atoms with Gasteiger partial charge in [-0.15, -0.1) is 17.5 Å². The zero-order chi connectivity index (χ0) is 14.6. The lowest BCUT2D eigenvalue weighted by Crippen LogP contribution is -2.21. The summed E-state index contributed by atoms with van der Waals surface area (Å²) in [6.45, 7) is 0. The minimum atomic E-state index is -0.930. The average molecular weight is 323 g/mol. The maximum absolute atomic E-state index is 10.9. The third-order valence-electron chi connectivity index (χ3n) is 1.88. The van der Waals surface area contributed by atoms with Crippen LogP contribution in [0.1, 0.15) is 5.56 Å². The minimum Gasteiger partial charge on any atom is -0.369 e. The molecule has 0 saturated carbocycles. The molecule has 0 saturated heterocycles. The molecule has 4 N–H and O–H groups in total. The van der Waals surface area contributed by atoms with Crippen LogP contribution in [0, 0.1) is 20.2 Å². The van der Waals surface area contributed by atoms with Crippen molar-refractivity contribution in [1.29, 1.82) is 0 Å². The second kappa shape index (κ2) is 7.21. The summed E-state index contributed by atoms with van der Waals surface area (Å²) in [6.07, 6.45) is 0.868. The molecular weight excluding hydrogens is 315 g/mol. The molecule has 1 rings (SSSR count). The third-order valence-corrected chi connectivity index (χ3v) is 2.21. The Kier molecular flexibility index (Phi) is 6.32. The van der Waals surface area contributed by atoms with Gasteiger partial charge in [0, 0.05) is 6.07 Å². The normalized spacial score (nSPS) is 9.85. The van der Waals surface area contributed by atoms with Crippen molar-refractivity contribution in [3.8, 4) is 0 Å². The molecule has 0 aliphatic heterocycles. The van der Waals surface area contributed by atoms with Crippen molar-refractivity contribution in [2.75, 3.05) is 0 Å². The van der Waals surface area contributed by atoms with E-state index in [9.17, 15) is 20.2 Å². The molecular formula is C8H8Cl2N6O4. The Balaban J connectivity index is 0.00000361. The standard InChI is InChI=1S/C8H7ClN6O4.ClH/c9-5-1-2-6(14(16)17)7(15(18)19)4(5)3-12-13-8(10)11;/h1-3H,(H4,10,11,13);1H. The van der Waals surface area contributed by atoms with Crippen LogP contribution in [-0.2, 0) is 0 Å². The van der Waals surface area contributed by atoms with Crippen LogP contribution in [0.3, 0.4) is 0 Å². The number of nitro benzene ring substituents is 2. The van der Waals surface area contributed by atoms with E-state index in [0.717, 1.165) is 18.3 Å². The fourth-order valence-electron chi connectivity index (χ4n) is 1.19. The third kappa shape index (κ3) is 4.03. The molecule has 1 aromatic carbocycles. The Morgan fingerprint density at radius 1 is 1.25 bits per heavy atom. The molecule has 0 aromatic heterocycles. The first-order chi connectivity index (χ1) is 8.84. The monoisotopic (exact) mass is 322 g/mol. The largest absolute Gasteiger partial charge is 0.369 e. The van der Waals surface area contributed by atoms with Crippen molar-refractivity contribution in [2.24, 2.45) is 21.7 Å². The Hall–Kier alpha value is -2.46. The highest BCUT2D eigenvalue weighted by Crippen LogP contribution is 2.34. The molecule has 0 atom stereocenters. The molecule has 0 aliphatic rings. The van der Waals surface area contributed by atoms with Crippen molar-refractivity contribution in [2.45, 2.75) is 0 Å². The number of nitro groups is 2. The van der Waals surface area contributed by atoms with E-state index in [1.807, 2.05) is 0 Å². The van der Waals surface area contributed by atoms with Gasteiger partial charge in [-0.25, -0.2) is 0 Å². The number of nitrogens with zero attached hydrogens (tertiary/aromatic N) is 4.